The SMILES string of the molecule is Cc1cc2c(cc1C)N1C(C(c3ccc(OC(F)F)cc3)=N2)C1c1ccc([N+](=O)[O-])cc1. The van der Waals surface area contributed by atoms with Crippen LogP contribution in [0.2, 0.25) is 0 Å². The smallest absolute Gasteiger partial charge is 0.387 e. The summed E-state index contributed by atoms with van der Waals surface area (Å²) in [6.07, 6.45) is 0. The predicted molar refractivity (Wildman–Crippen MR) is 117 cm³/mol. The van der Waals surface area contributed by atoms with Gasteiger partial charge in [-0.2, -0.15) is 8.78 Å². The van der Waals surface area contributed by atoms with Gasteiger partial charge in [-0.3, -0.25) is 10.1 Å². The van der Waals surface area contributed by atoms with Crippen LogP contribution in [0.3, 0.4) is 0 Å². The zero-order valence-electron chi connectivity index (χ0n) is 17.3. The first kappa shape index (κ1) is 20.1. The summed E-state index contributed by atoms with van der Waals surface area (Å²) < 4.78 is 29.5. The lowest BCUT2D eigenvalue weighted by molar-refractivity contribution is -0.384. The predicted octanol–water partition coefficient (Wildman–Crippen LogP) is 5.88. The molecule has 2 aliphatic heterocycles. The van der Waals surface area contributed by atoms with E-state index in [9.17, 15) is 18.9 Å². The Hall–Kier alpha value is -3.81. The quantitative estimate of drug-likeness (QED) is 0.285. The Balaban J connectivity index is 1.56. The van der Waals surface area contributed by atoms with E-state index in [4.69, 9.17) is 4.99 Å². The van der Waals surface area contributed by atoms with Crippen LogP contribution in [-0.2, 0) is 0 Å². The van der Waals surface area contributed by atoms with Gasteiger partial charge in [0.15, 0.2) is 0 Å². The van der Waals surface area contributed by atoms with Gasteiger partial charge in [0.25, 0.3) is 5.69 Å². The molecule has 0 N–H and O–H groups in total. The van der Waals surface area contributed by atoms with E-state index >= 15 is 0 Å². The van der Waals surface area contributed by atoms with Gasteiger partial charge in [-0.1, -0.05) is 12.1 Å². The number of fused-ring (bicyclic) bond motifs is 3. The molecule has 6 nitrogen and oxygen atoms in total. The monoisotopic (exact) mass is 435 g/mol. The fourth-order valence-corrected chi connectivity index (χ4v) is 4.27. The number of ether oxygens (including phenoxy) is 1. The second kappa shape index (κ2) is 7.40. The van der Waals surface area contributed by atoms with Crippen LogP contribution in [0.4, 0.5) is 25.8 Å². The zero-order chi connectivity index (χ0) is 22.6. The van der Waals surface area contributed by atoms with E-state index in [0.717, 1.165) is 39.3 Å². The Morgan fingerprint density at radius 3 is 2.28 bits per heavy atom. The van der Waals surface area contributed by atoms with Gasteiger partial charge < -0.3 is 9.64 Å². The number of halogens is 2. The molecule has 0 amide bonds. The number of nitro benzene ring substituents is 1. The second-order valence-corrected chi connectivity index (χ2v) is 7.97. The molecule has 2 atom stereocenters. The van der Waals surface area contributed by atoms with Gasteiger partial charge in [-0.15, -0.1) is 0 Å². The Bertz CT molecular complexity index is 1240. The van der Waals surface area contributed by atoms with Crippen LogP contribution in [0, 0.1) is 24.0 Å². The Kier molecular flexibility index (Phi) is 4.65. The topological polar surface area (TPSA) is 67.7 Å². The molecule has 0 bridgehead atoms. The van der Waals surface area contributed by atoms with Crippen molar-refractivity contribution in [2.75, 3.05) is 4.90 Å². The zero-order valence-corrected chi connectivity index (χ0v) is 17.3. The fourth-order valence-electron chi connectivity index (χ4n) is 4.27. The lowest BCUT2D eigenvalue weighted by atomic mass is 10.0. The third kappa shape index (κ3) is 3.37. The fraction of sp³-hybridized carbons (Fsp3) is 0.208. The van der Waals surface area contributed by atoms with Gasteiger partial charge >= 0.3 is 6.61 Å². The number of aryl methyl sites for hydroxylation is 2. The number of rotatable bonds is 5. The first-order valence-corrected chi connectivity index (χ1v) is 10.1. The molecule has 3 aromatic carbocycles. The number of benzene rings is 3. The number of aliphatic imine (C=N–C) groups is 1. The standard InChI is InChI=1S/C24H19F2N3O3/c1-13-11-19-20(12-14(13)2)28-22(16-3-7-17(8-4-16)29(30)31)23(28)21(27-19)15-5-9-18(10-6-15)32-24(25)26/h3-12,22-24H,1-2H3. The summed E-state index contributed by atoms with van der Waals surface area (Å²) in [4.78, 5) is 17.8. The lowest BCUT2D eigenvalue weighted by Crippen LogP contribution is -2.17. The highest BCUT2D eigenvalue weighted by Gasteiger charge is 2.54. The number of hydrogen-bond acceptors (Lipinski definition) is 5. The Morgan fingerprint density at radius 1 is 1.00 bits per heavy atom. The molecule has 1 fully saturated rings. The van der Waals surface area contributed by atoms with Crippen molar-refractivity contribution in [3.8, 4) is 5.75 Å². The first-order chi connectivity index (χ1) is 15.3. The maximum atomic E-state index is 12.5. The Labute approximate surface area is 182 Å². The number of non-ortho nitro benzene ring substituents is 1. The van der Waals surface area contributed by atoms with Crippen LogP contribution < -0.4 is 9.64 Å². The van der Waals surface area contributed by atoms with Gasteiger partial charge in [-0.05, 0) is 72.5 Å². The molecule has 0 radical (unpaired) electrons. The summed E-state index contributed by atoms with van der Waals surface area (Å²) in [5, 5.41) is 11.0. The van der Waals surface area contributed by atoms with Crippen molar-refractivity contribution in [3.63, 3.8) is 0 Å². The minimum absolute atomic E-state index is 0.0186. The molecule has 32 heavy (non-hydrogen) atoms. The number of anilines is 1. The van der Waals surface area contributed by atoms with E-state index < -0.39 is 11.5 Å². The molecule has 0 aliphatic carbocycles. The van der Waals surface area contributed by atoms with E-state index in [-0.39, 0.29) is 23.5 Å². The Morgan fingerprint density at radius 2 is 1.66 bits per heavy atom. The third-order valence-corrected chi connectivity index (χ3v) is 6.02. The van der Waals surface area contributed by atoms with Crippen molar-refractivity contribution in [3.05, 3.63) is 93.0 Å². The number of alkyl halides is 2. The summed E-state index contributed by atoms with van der Waals surface area (Å²) in [7, 11) is 0. The lowest BCUT2D eigenvalue weighted by Gasteiger charge is -2.19. The van der Waals surface area contributed by atoms with Crippen molar-refractivity contribution in [1.82, 2.24) is 0 Å². The van der Waals surface area contributed by atoms with Crippen LogP contribution in [0.5, 0.6) is 5.75 Å². The van der Waals surface area contributed by atoms with Gasteiger partial charge in [0.05, 0.1) is 34.1 Å². The molecule has 5 rings (SSSR count). The average Bonchev–Trinajstić information content (AvgIpc) is 3.50. The van der Waals surface area contributed by atoms with Crippen LogP contribution in [0.15, 0.2) is 65.7 Å². The van der Waals surface area contributed by atoms with Gasteiger partial charge in [-0.25, -0.2) is 4.99 Å². The molecule has 2 aliphatic rings. The minimum atomic E-state index is -2.88. The summed E-state index contributed by atoms with van der Waals surface area (Å²) in [5.74, 6) is 0.0894. The molecule has 0 saturated carbocycles. The summed E-state index contributed by atoms with van der Waals surface area (Å²) >= 11 is 0. The summed E-state index contributed by atoms with van der Waals surface area (Å²) in [6, 6.07) is 17.1. The van der Waals surface area contributed by atoms with E-state index in [1.165, 1.54) is 24.3 Å². The van der Waals surface area contributed by atoms with Gasteiger partial charge in [0.1, 0.15) is 5.75 Å². The van der Waals surface area contributed by atoms with E-state index in [1.54, 1.807) is 24.3 Å². The van der Waals surface area contributed by atoms with Crippen LogP contribution in [0.1, 0.15) is 28.3 Å². The minimum Gasteiger partial charge on any atom is -0.435 e. The molecule has 0 aromatic heterocycles. The maximum absolute atomic E-state index is 12.5. The van der Waals surface area contributed by atoms with Crippen LogP contribution in [-0.4, -0.2) is 23.3 Å². The number of hydrogen-bond donors (Lipinski definition) is 0. The van der Waals surface area contributed by atoms with Crippen molar-refractivity contribution < 1.29 is 18.4 Å². The number of nitro groups is 1. The van der Waals surface area contributed by atoms with Crippen molar-refractivity contribution in [2.45, 2.75) is 32.5 Å². The van der Waals surface area contributed by atoms with Gasteiger partial charge in [0, 0.05) is 12.1 Å². The van der Waals surface area contributed by atoms with Crippen LogP contribution in [0.25, 0.3) is 0 Å². The summed E-state index contributed by atoms with van der Waals surface area (Å²) in [5.41, 5.74) is 6.78. The van der Waals surface area contributed by atoms with Crippen molar-refractivity contribution in [2.24, 2.45) is 4.99 Å². The van der Waals surface area contributed by atoms with Gasteiger partial charge in [0.2, 0.25) is 0 Å². The van der Waals surface area contributed by atoms with E-state index in [2.05, 4.69) is 22.6 Å². The molecule has 3 aromatic rings. The largest absolute Gasteiger partial charge is 0.435 e. The normalized spacial score (nSPS) is 18.7. The van der Waals surface area contributed by atoms with E-state index in [1.807, 2.05) is 13.0 Å². The third-order valence-electron chi connectivity index (χ3n) is 6.02. The van der Waals surface area contributed by atoms with Crippen molar-refractivity contribution >= 4 is 22.8 Å². The molecule has 2 unspecified atom stereocenters. The highest BCUT2D eigenvalue weighted by molar-refractivity contribution is 6.14. The highest BCUT2D eigenvalue weighted by Crippen LogP contribution is 2.55. The van der Waals surface area contributed by atoms with Crippen molar-refractivity contribution in [1.29, 1.82) is 0 Å². The highest BCUT2D eigenvalue weighted by atomic mass is 19.3. The first-order valence-electron chi connectivity index (χ1n) is 10.1. The van der Waals surface area contributed by atoms with E-state index in [0.29, 0.717) is 0 Å². The molecule has 8 heteroatoms. The second-order valence-electron chi connectivity index (χ2n) is 7.97. The molecule has 1 saturated heterocycles. The molecule has 162 valence electrons. The molecular formula is C24H19F2N3O3. The average molecular weight is 435 g/mol. The molecule has 2 heterocycles. The summed E-state index contributed by atoms with van der Waals surface area (Å²) in [6.45, 7) is 1.20. The molecular weight excluding hydrogens is 416 g/mol. The molecule has 0 spiro atoms. The van der Waals surface area contributed by atoms with Crippen LogP contribution >= 0.6 is 0 Å². The maximum Gasteiger partial charge on any atom is 0.387 e. The number of nitrogens with zero attached hydrogens (tertiary/aromatic N) is 3.